The molecule has 218 valence electrons. The Morgan fingerprint density at radius 2 is 1.16 bits per heavy atom. The highest BCUT2D eigenvalue weighted by Gasteiger charge is 2.44. The molecule has 0 bridgehead atoms. The highest BCUT2D eigenvalue weighted by molar-refractivity contribution is 7.54. The summed E-state index contributed by atoms with van der Waals surface area (Å²) < 4.78 is 73.0. The van der Waals surface area contributed by atoms with Gasteiger partial charge >= 0.3 is 15.3 Å². The zero-order valence-electron chi connectivity index (χ0n) is 24.8. The molecule has 3 heterocycles. The molecular weight excluding hydrogens is 520 g/mol. The lowest BCUT2D eigenvalue weighted by Gasteiger charge is -2.44. The Balaban J connectivity index is 1.67. The van der Waals surface area contributed by atoms with Gasteiger partial charge in [-0.15, -0.1) is 0 Å². The summed E-state index contributed by atoms with van der Waals surface area (Å²) in [5.74, 6) is 0. The molecule has 8 atom stereocenters. The van der Waals surface area contributed by atoms with Crippen molar-refractivity contribution in [2.45, 2.75) is 64.3 Å². The molecule has 0 aromatic heterocycles. The van der Waals surface area contributed by atoms with E-state index in [2.05, 4.69) is 4.90 Å². The average molecular weight is 572 g/mol. The second-order valence-electron chi connectivity index (χ2n) is 10.9. The Hall–Kier alpha value is 0.0600. The quantitative estimate of drug-likeness (QED) is 0.360. The summed E-state index contributed by atoms with van der Waals surface area (Å²) in [6.07, 6.45) is -1.23. The van der Waals surface area contributed by atoms with Crippen LogP contribution in [0.25, 0.3) is 0 Å². The number of ether oxygens (including phenoxy) is 3. The van der Waals surface area contributed by atoms with E-state index in [0.29, 0.717) is 26.2 Å². The van der Waals surface area contributed by atoms with E-state index >= 15 is 0 Å². The summed E-state index contributed by atoms with van der Waals surface area (Å²) in [5.41, 5.74) is 0. The van der Waals surface area contributed by atoms with Crippen molar-refractivity contribution < 1.29 is 33.8 Å². The number of morpholine rings is 3. The molecule has 37 heavy (non-hydrogen) atoms. The molecule has 3 saturated heterocycles. The van der Waals surface area contributed by atoms with E-state index in [9.17, 15) is 9.13 Å². The van der Waals surface area contributed by atoms with Crippen LogP contribution in [0.5, 0.6) is 0 Å². The van der Waals surface area contributed by atoms with E-state index in [0.717, 1.165) is 13.1 Å². The Bertz CT molecular complexity index is 849. The molecule has 12 nitrogen and oxygen atoms in total. The van der Waals surface area contributed by atoms with Crippen molar-refractivity contribution in [2.75, 3.05) is 87.7 Å². The van der Waals surface area contributed by atoms with Crippen molar-refractivity contribution in [1.82, 2.24) is 23.6 Å². The summed E-state index contributed by atoms with van der Waals surface area (Å²) >= 11 is 0. The fraction of sp³-hybridized carbons (Fsp3) is 1.00. The van der Waals surface area contributed by atoms with Crippen LogP contribution < -0.4 is 0 Å². The third-order valence-corrected chi connectivity index (χ3v) is 11.8. The zero-order valence-corrected chi connectivity index (χ0v) is 25.6. The Morgan fingerprint density at radius 1 is 0.730 bits per heavy atom. The first kappa shape index (κ1) is 30.0. The lowest BCUT2D eigenvalue weighted by Crippen LogP contribution is -2.50. The lowest BCUT2D eigenvalue weighted by molar-refractivity contribution is -0.0929. The van der Waals surface area contributed by atoms with Gasteiger partial charge in [0.25, 0.3) is 0 Å². The normalized spacial score (nSPS) is 36.9. The minimum Gasteiger partial charge on any atom is -0.373 e. The van der Waals surface area contributed by atoms with E-state index in [1.165, 1.54) is 0 Å². The van der Waals surface area contributed by atoms with Crippen LogP contribution in [0.15, 0.2) is 0 Å². The largest absolute Gasteiger partial charge is 0.373 e. The Morgan fingerprint density at radius 3 is 1.65 bits per heavy atom. The molecule has 0 saturated carbocycles. The van der Waals surface area contributed by atoms with Gasteiger partial charge in [-0.25, -0.2) is 18.7 Å². The Kier molecular flexibility index (Phi) is 10.7. The predicted octanol–water partition coefficient (Wildman–Crippen LogP) is 2.28. The summed E-state index contributed by atoms with van der Waals surface area (Å²) in [6.45, 7) is 9.36. The van der Waals surface area contributed by atoms with Crippen molar-refractivity contribution >= 4 is 15.3 Å². The molecule has 0 amide bonds. The summed E-state index contributed by atoms with van der Waals surface area (Å²) in [4.78, 5) is 2.19. The standard InChI is InChI=1S/C23H49N5O7P2/c1-18-10-26(9)14-22(34-18)16-31-37(30,25(7)8)28-13-21(4)35-23(15-28)17-32-36(29,24(5)6)27-11-19(2)33-20(3)12-27/h18-23H,10-17H2,1-9H3/i2T. The maximum Gasteiger partial charge on any atom is 0.345 e. The molecule has 0 spiro atoms. The van der Waals surface area contributed by atoms with Crippen molar-refractivity contribution in [1.29, 1.82) is 0 Å². The number of hydrogen-bond acceptors (Lipinski definition) is 8. The molecule has 0 aromatic rings. The fourth-order valence-electron chi connectivity index (χ4n) is 5.18. The second kappa shape index (κ2) is 13.1. The monoisotopic (exact) mass is 571 g/mol. The lowest BCUT2D eigenvalue weighted by atomic mass is 10.2. The van der Waals surface area contributed by atoms with Gasteiger partial charge in [-0.1, -0.05) is 0 Å². The van der Waals surface area contributed by atoms with Crippen LogP contribution in [0.4, 0.5) is 0 Å². The van der Waals surface area contributed by atoms with Gasteiger partial charge in [0.15, 0.2) is 0 Å². The first-order chi connectivity index (χ1) is 17.8. The van der Waals surface area contributed by atoms with E-state index in [-0.39, 0.29) is 50.6 Å². The van der Waals surface area contributed by atoms with Crippen LogP contribution >= 0.6 is 15.3 Å². The molecule has 3 rings (SSSR count). The third kappa shape index (κ3) is 8.06. The SMILES string of the molecule is [3H]CC1CN(P(=O)(OCC2CN(P(=O)(OCC3CN(C)CC(C)O3)N(C)C)CC(C)O2)N(C)C)CC(C)O1. The maximum absolute atomic E-state index is 14.2. The molecule has 0 aromatic carbocycles. The Labute approximate surface area is 224 Å². The van der Waals surface area contributed by atoms with Gasteiger partial charge in [0, 0.05) is 40.6 Å². The van der Waals surface area contributed by atoms with Crippen LogP contribution in [-0.4, -0.2) is 148 Å². The first-order valence-electron chi connectivity index (χ1n) is 13.8. The fourth-order valence-corrected chi connectivity index (χ4v) is 9.35. The number of hydrogen-bond donors (Lipinski definition) is 0. The molecule has 0 N–H and O–H groups in total. The predicted molar refractivity (Wildman–Crippen MR) is 144 cm³/mol. The molecule has 0 aliphatic carbocycles. The highest BCUT2D eigenvalue weighted by Crippen LogP contribution is 2.55. The van der Waals surface area contributed by atoms with Crippen LogP contribution in [-0.2, 0) is 32.4 Å². The summed E-state index contributed by atoms with van der Waals surface area (Å²) in [6, 6.07) is 0. The van der Waals surface area contributed by atoms with Crippen LogP contribution in [0, 0.1) is 0 Å². The molecule has 3 aliphatic rings. The zero-order chi connectivity index (χ0) is 28.3. The van der Waals surface area contributed by atoms with Gasteiger partial charge in [-0.2, -0.15) is 0 Å². The second-order valence-corrected chi connectivity index (χ2v) is 16.1. The first-order valence-corrected chi connectivity index (χ1v) is 16.1. The smallest absolute Gasteiger partial charge is 0.345 e. The van der Waals surface area contributed by atoms with E-state index in [1.54, 1.807) is 42.2 Å². The minimum absolute atomic E-state index is 0.0645. The van der Waals surface area contributed by atoms with Crippen molar-refractivity contribution in [3.05, 3.63) is 0 Å². The molecular formula is C23H49N5O7P2. The maximum atomic E-state index is 14.2. The average Bonchev–Trinajstić information content (AvgIpc) is 2.84. The number of nitrogens with zero attached hydrogens (tertiary/aromatic N) is 5. The molecule has 14 heteroatoms. The molecule has 0 radical (unpaired) electrons. The van der Waals surface area contributed by atoms with Crippen LogP contribution in [0.3, 0.4) is 0 Å². The van der Waals surface area contributed by atoms with Gasteiger partial charge in [0.1, 0.15) is 0 Å². The van der Waals surface area contributed by atoms with Gasteiger partial charge in [0.2, 0.25) is 0 Å². The highest BCUT2D eigenvalue weighted by atomic mass is 31.2. The van der Waals surface area contributed by atoms with Crippen LogP contribution in [0.1, 0.15) is 29.0 Å². The third-order valence-electron chi connectivity index (χ3n) is 6.71. The number of likely N-dealkylation sites (N-methyl/N-ethyl adjacent to an activating group) is 1. The minimum atomic E-state index is -3.39. The molecule has 3 aliphatic heterocycles. The van der Waals surface area contributed by atoms with E-state index < -0.39 is 21.4 Å². The van der Waals surface area contributed by atoms with Crippen molar-refractivity contribution in [3.8, 4) is 0 Å². The molecule has 3 fully saturated rings. The molecule has 8 unspecified atom stereocenters. The van der Waals surface area contributed by atoms with E-state index in [4.69, 9.17) is 24.6 Å². The van der Waals surface area contributed by atoms with Crippen molar-refractivity contribution in [3.63, 3.8) is 0 Å². The topological polar surface area (TPSA) is 96.5 Å². The van der Waals surface area contributed by atoms with Gasteiger partial charge in [-0.3, -0.25) is 9.13 Å². The van der Waals surface area contributed by atoms with E-state index in [1.807, 2.05) is 32.5 Å². The van der Waals surface area contributed by atoms with Gasteiger partial charge in [-0.05, 0) is 62.9 Å². The van der Waals surface area contributed by atoms with Crippen molar-refractivity contribution in [2.24, 2.45) is 0 Å². The summed E-state index contributed by atoms with van der Waals surface area (Å²) in [7, 11) is 2.25. The number of rotatable bonds is 10. The summed E-state index contributed by atoms with van der Waals surface area (Å²) in [5, 5.41) is 0. The van der Waals surface area contributed by atoms with Gasteiger partial charge in [0.05, 0.1) is 49.8 Å². The van der Waals surface area contributed by atoms with Gasteiger partial charge < -0.3 is 28.2 Å². The van der Waals surface area contributed by atoms with Crippen LogP contribution in [0.2, 0.25) is 0 Å².